The summed E-state index contributed by atoms with van der Waals surface area (Å²) in [5.41, 5.74) is 31.4. The van der Waals surface area contributed by atoms with Crippen molar-refractivity contribution in [3.8, 4) is 33.9 Å². The Morgan fingerprint density at radius 3 is 0.722 bits per heavy atom. The second kappa shape index (κ2) is 20.1. The van der Waals surface area contributed by atoms with Crippen LogP contribution in [0.15, 0.2) is 164 Å². The monoisotopic (exact) mass is 1270 g/mol. The maximum absolute atomic E-state index is 2.73. The lowest BCUT2D eigenvalue weighted by Crippen LogP contribution is -2.59. The number of fused-ring (bicyclic) bond motifs is 16. The zero-order chi connectivity index (χ0) is 69.0. The van der Waals surface area contributed by atoms with Gasteiger partial charge in [-0.1, -0.05) is 221 Å². The fraction of sp³-hybridized carbons (Fsp3) is 0.348. The molecular weight excluding hydrogens is 1170 g/mol. The van der Waals surface area contributed by atoms with Gasteiger partial charge in [-0.25, -0.2) is 0 Å². The molecule has 2 aliphatic heterocycles. The van der Waals surface area contributed by atoms with E-state index < -0.39 is 0 Å². The molecule has 97 heavy (non-hydrogen) atoms. The molecule has 0 bridgehead atoms. The largest absolute Gasteiger partial charge is 0.310 e. The molecular formula is C92H99BN4. The van der Waals surface area contributed by atoms with E-state index in [4.69, 9.17) is 0 Å². The molecule has 5 heteroatoms. The highest BCUT2D eigenvalue weighted by Gasteiger charge is 2.44. The summed E-state index contributed by atoms with van der Waals surface area (Å²) >= 11 is 0. The summed E-state index contributed by atoms with van der Waals surface area (Å²) in [6.07, 6.45) is 0. The lowest BCUT2D eigenvalue weighted by atomic mass is 9.33. The predicted molar refractivity (Wildman–Crippen MR) is 423 cm³/mol. The van der Waals surface area contributed by atoms with Crippen molar-refractivity contribution in [3.05, 3.63) is 208 Å². The molecule has 4 nitrogen and oxygen atoms in total. The topological polar surface area (TPSA) is 19.7 Å². The van der Waals surface area contributed by atoms with Crippen LogP contribution in [0.1, 0.15) is 211 Å². The quantitative estimate of drug-likeness (QED) is 0.157. The van der Waals surface area contributed by atoms with Crippen LogP contribution >= 0.6 is 0 Å². The molecule has 0 fully saturated rings. The number of rotatable bonds is 3. The standard InChI is InChI=1S/C92H99BN4/c1-85(2,3)53-28-34-71-61(42-53)62-43-54(86(4,5)6)29-35-72(62)94(71)77-26-25-27-78(95-73-36-30-55(87(7,8)9)44-63(73)64-45-56(88(10,11)12)31-37-74(64)95)81(77)52-40-79-82-80(41-52)97-76-39-33-58(90(16,17)18)47-66(76)68-49-60(92(22,23)24)51-70(84(68)97)93(82)69-50-59(91(19,20)21)48-67-65-46-57(89(13,14)15)32-38-75(65)96(79)83(67)69/h25-51H,1-24H3. The fourth-order valence-electron chi connectivity index (χ4n) is 16.6. The first-order valence-corrected chi connectivity index (χ1v) is 35.9. The summed E-state index contributed by atoms with van der Waals surface area (Å²) < 4.78 is 10.7. The lowest BCUT2D eigenvalue weighted by Gasteiger charge is -2.36. The van der Waals surface area contributed by atoms with Crippen molar-refractivity contribution in [2.45, 2.75) is 209 Å². The average molecular weight is 1270 g/mol. The minimum atomic E-state index is -0.117. The average Bonchev–Trinajstić information content (AvgIpc) is 1.52. The molecule has 0 radical (unpaired) electrons. The van der Waals surface area contributed by atoms with Gasteiger partial charge in [0.2, 0.25) is 0 Å². The zero-order valence-electron chi connectivity index (χ0n) is 62.5. The maximum atomic E-state index is 2.73. The van der Waals surface area contributed by atoms with E-state index >= 15 is 0 Å². The van der Waals surface area contributed by atoms with E-state index in [1.54, 1.807) is 0 Å². The second-order valence-electron chi connectivity index (χ2n) is 37.7. The highest BCUT2D eigenvalue weighted by atomic mass is 15.1. The van der Waals surface area contributed by atoms with E-state index in [0.29, 0.717) is 0 Å². The number of nitrogens with zero attached hydrogens (tertiary/aromatic N) is 4. The SMILES string of the molecule is CC(C)(C)c1ccc2c(c1)c1cc(C(C)(C)C)ccc1n2-c1cccc(-n2c3ccc(C(C)(C)C)cc3c3cc(C(C)(C)C)ccc32)c1-c1cc2c3c(c1)-n1c4ccc(C(C)(C)C)cc4c4cc(C(C)(C)C)cc(c41)B3c1cc(C(C)(C)C)cc3c4cc(C(C)(C)C)ccc4n-2c13. The Hall–Kier alpha value is -8.54. The van der Waals surface area contributed by atoms with Crippen LogP contribution in [0.25, 0.3) is 121 Å². The highest BCUT2D eigenvalue weighted by Crippen LogP contribution is 2.50. The molecule has 0 spiro atoms. The summed E-state index contributed by atoms with van der Waals surface area (Å²) in [5, 5.41) is 10.4. The first kappa shape index (κ1) is 63.2. The first-order chi connectivity index (χ1) is 45.2. The molecule has 0 atom stereocenters. The van der Waals surface area contributed by atoms with Gasteiger partial charge in [-0.15, -0.1) is 0 Å². The van der Waals surface area contributed by atoms with Crippen LogP contribution in [0, 0.1) is 0 Å². The van der Waals surface area contributed by atoms with Gasteiger partial charge in [0, 0.05) is 71.1 Å². The van der Waals surface area contributed by atoms with Crippen LogP contribution in [0.5, 0.6) is 0 Å². The fourth-order valence-corrected chi connectivity index (χ4v) is 16.6. The molecule has 0 saturated heterocycles. The van der Waals surface area contributed by atoms with E-state index in [1.807, 2.05) is 0 Å². The summed E-state index contributed by atoms with van der Waals surface area (Å²) in [6.45, 7) is 56.8. The summed E-state index contributed by atoms with van der Waals surface area (Å²) in [7, 11) is 0. The van der Waals surface area contributed by atoms with E-state index in [9.17, 15) is 0 Å². The Bertz CT molecular complexity index is 5270. The van der Waals surface area contributed by atoms with Crippen molar-refractivity contribution in [3.63, 3.8) is 0 Å². The van der Waals surface area contributed by atoms with E-state index in [2.05, 4.69) is 348 Å². The van der Waals surface area contributed by atoms with Gasteiger partial charge in [-0.2, -0.15) is 0 Å². The highest BCUT2D eigenvalue weighted by molar-refractivity contribution is 7.00. The van der Waals surface area contributed by atoms with E-state index in [0.717, 1.165) is 11.4 Å². The summed E-state index contributed by atoms with van der Waals surface area (Å²) in [6, 6.07) is 67.1. The minimum absolute atomic E-state index is 0.0570. The van der Waals surface area contributed by atoms with Crippen LogP contribution in [0.4, 0.5) is 0 Å². The molecule has 0 unspecified atom stereocenters. The van der Waals surface area contributed by atoms with Crippen molar-refractivity contribution >= 4 is 110 Å². The van der Waals surface area contributed by atoms with Crippen molar-refractivity contribution in [1.82, 2.24) is 18.3 Å². The molecule has 0 aliphatic carbocycles. The van der Waals surface area contributed by atoms with E-state index in [-0.39, 0.29) is 50.0 Å². The lowest BCUT2D eigenvalue weighted by molar-refractivity contribution is 0.590. The Morgan fingerprint density at radius 1 is 0.227 bits per heavy atom. The Kier molecular flexibility index (Phi) is 13.1. The normalized spacial score (nSPS) is 14.2. The number of aromatic nitrogens is 4. The Balaban J connectivity index is 1.14. The molecule has 16 rings (SSSR count). The molecule has 4 aromatic heterocycles. The van der Waals surface area contributed by atoms with Crippen LogP contribution in [-0.4, -0.2) is 25.0 Å². The number of hydrogen-bond donors (Lipinski definition) is 0. The number of hydrogen-bond acceptors (Lipinski definition) is 0. The van der Waals surface area contributed by atoms with Gasteiger partial charge in [0.25, 0.3) is 6.71 Å². The predicted octanol–water partition coefficient (Wildman–Crippen LogP) is 23.3. The van der Waals surface area contributed by atoms with Crippen LogP contribution in [-0.2, 0) is 43.3 Å². The Morgan fingerprint density at radius 2 is 0.464 bits per heavy atom. The van der Waals surface area contributed by atoms with Gasteiger partial charge in [-0.05, 0) is 219 Å². The smallest absolute Gasteiger partial charge is 0.252 e. The van der Waals surface area contributed by atoms with Crippen molar-refractivity contribution < 1.29 is 0 Å². The summed E-state index contributed by atoms with van der Waals surface area (Å²) in [4.78, 5) is 0. The van der Waals surface area contributed by atoms with Gasteiger partial charge >= 0.3 is 0 Å². The molecule has 0 saturated carbocycles. The number of benzene rings is 10. The van der Waals surface area contributed by atoms with Gasteiger partial charge in [0.1, 0.15) is 0 Å². The van der Waals surface area contributed by atoms with Gasteiger partial charge in [0.05, 0.1) is 44.5 Å². The van der Waals surface area contributed by atoms with Crippen molar-refractivity contribution in [2.75, 3.05) is 0 Å². The van der Waals surface area contributed by atoms with Crippen molar-refractivity contribution in [1.29, 1.82) is 0 Å². The molecule has 6 heterocycles. The third-order valence-corrected chi connectivity index (χ3v) is 22.6. The van der Waals surface area contributed by atoms with Crippen molar-refractivity contribution in [2.24, 2.45) is 0 Å². The molecule has 490 valence electrons. The zero-order valence-corrected chi connectivity index (χ0v) is 62.5. The van der Waals surface area contributed by atoms with E-state index in [1.165, 1.54) is 171 Å². The Labute approximate surface area is 576 Å². The summed E-state index contributed by atoms with van der Waals surface area (Å²) in [5.74, 6) is 0. The molecule has 0 N–H and O–H groups in total. The third-order valence-electron chi connectivity index (χ3n) is 22.6. The molecule has 2 aliphatic rings. The van der Waals surface area contributed by atoms with Crippen LogP contribution < -0.4 is 16.4 Å². The minimum Gasteiger partial charge on any atom is -0.310 e. The third kappa shape index (κ3) is 9.49. The van der Waals surface area contributed by atoms with Gasteiger partial charge in [0.15, 0.2) is 0 Å². The maximum Gasteiger partial charge on any atom is 0.252 e. The van der Waals surface area contributed by atoms with Crippen LogP contribution in [0.2, 0.25) is 0 Å². The molecule has 14 aromatic rings. The second-order valence-corrected chi connectivity index (χ2v) is 37.7. The van der Waals surface area contributed by atoms with Crippen LogP contribution in [0.3, 0.4) is 0 Å². The molecule has 0 amide bonds. The molecule has 10 aromatic carbocycles. The van der Waals surface area contributed by atoms with Gasteiger partial charge < -0.3 is 18.3 Å². The van der Waals surface area contributed by atoms with Gasteiger partial charge in [-0.3, -0.25) is 0 Å². The first-order valence-electron chi connectivity index (χ1n) is 35.9.